The van der Waals surface area contributed by atoms with Gasteiger partial charge in [-0.1, -0.05) is 19.1 Å². The molecule has 1 N–H and O–H groups in total. The molecule has 1 saturated heterocycles. The van der Waals surface area contributed by atoms with E-state index in [0.717, 1.165) is 26.1 Å². The number of nitrogens with one attached hydrogen (secondary N) is 1. The summed E-state index contributed by atoms with van der Waals surface area (Å²) < 4.78 is 12.9. The SMILES string of the molecule is CCCNC1CC(Cc2ccc(F)cc2)CN(C)C1. The molecule has 19 heavy (non-hydrogen) atoms. The summed E-state index contributed by atoms with van der Waals surface area (Å²) in [6, 6.07) is 7.56. The molecule has 1 aliphatic heterocycles. The van der Waals surface area contributed by atoms with Crippen molar-refractivity contribution in [2.24, 2.45) is 5.92 Å². The Morgan fingerprint density at radius 3 is 2.68 bits per heavy atom. The predicted octanol–water partition coefficient (Wildman–Crippen LogP) is 2.69. The van der Waals surface area contributed by atoms with E-state index in [0.29, 0.717) is 12.0 Å². The van der Waals surface area contributed by atoms with Crippen LogP contribution in [0.3, 0.4) is 0 Å². The van der Waals surface area contributed by atoms with Gasteiger partial charge in [-0.2, -0.15) is 0 Å². The highest BCUT2D eigenvalue weighted by Crippen LogP contribution is 2.20. The Balaban J connectivity index is 1.90. The molecule has 1 fully saturated rings. The van der Waals surface area contributed by atoms with Gasteiger partial charge in [-0.05, 0) is 56.5 Å². The molecule has 1 heterocycles. The lowest BCUT2D eigenvalue weighted by Gasteiger charge is -2.36. The lowest BCUT2D eigenvalue weighted by molar-refractivity contribution is 0.169. The van der Waals surface area contributed by atoms with Crippen LogP contribution in [-0.2, 0) is 6.42 Å². The van der Waals surface area contributed by atoms with Crippen LogP contribution in [-0.4, -0.2) is 37.6 Å². The second-order valence-corrected chi connectivity index (χ2v) is 5.80. The van der Waals surface area contributed by atoms with Gasteiger partial charge < -0.3 is 10.2 Å². The van der Waals surface area contributed by atoms with E-state index in [-0.39, 0.29) is 5.82 Å². The summed E-state index contributed by atoms with van der Waals surface area (Å²) in [6.07, 6.45) is 3.46. The van der Waals surface area contributed by atoms with Crippen molar-refractivity contribution in [3.05, 3.63) is 35.6 Å². The number of piperidine rings is 1. The number of likely N-dealkylation sites (tertiary alicyclic amines) is 1. The highest BCUT2D eigenvalue weighted by Gasteiger charge is 2.24. The van der Waals surface area contributed by atoms with Gasteiger partial charge in [0, 0.05) is 19.1 Å². The summed E-state index contributed by atoms with van der Waals surface area (Å²) in [6.45, 7) is 5.58. The summed E-state index contributed by atoms with van der Waals surface area (Å²) in [4.78, 5) is 2.41. The normalized spacial score (nSPS) is 24.6. The van der Waals surface area contributed by atoms with E-state index in [1.165, 1.54) is 18.4 Å². The highest BCUT2D eigenvalue weighted by atomic mass is 19.1. The Morgan fingerprint density at radius 1 is 1.26 bits per heavy atom. The molecule has 2 nitrogen and oxygen atoms in total. The Kier molecular flexibility index (Phi) is 5.34. The zero-order chi connectivity index (χ0) is 13.7. The molecule has 0 spiro atoms. The number of benzene rings is 1. The number of hydrogen-bond donors (Lipinski definition) is 1. The monoisotopic (exact) mass is 264 g/mol. The van der Waals surface area contributed by atoms with Gasteiger partial charge in [-0.3, -0.25) is 0 Å². The lowest BCUT2D eigenvalue weighted by Crippen LogP contribution is -2.48. The molecule has 0 aliphatic carbocycles. The fourth-order valence-corrected chi connectivity index (χ4v) is 3.04. The van der Waals surface area contributed by atoms with Crippen molar-refractivity contribution < 1.29 is 4.39 Å². The third-order valence-electron chi connectivity index (χ3n) is 3.84. The minimum atomic E-state index is -0.146. The number of halogens is 1. The molecule has 3 heteroatoms. The quantitative estimate of drug-likeness (QED) is 0.879. The standard InChI is InChI=1S/C16H25FN2/c1-3-8-18-16-10-14(11-19(2)12-16)9-13-4-6-15(17)7-5-13/h4-7,14,16,18H,3,8-12H2,1-2H3. The molecule has 1 aliphatic rings. The zero-order valence-corrected chi connectivity index (χ0v) is 12.0. The van der Waals surface area contributed by atoms with Crippen LogP contribution in [0, 0.1) is 11.7 Å². The van der Waals surface area contributed by atoms with E-state index in [9.17, 15) is 4.39 Å². The van der Waals surface area contributed by atoms with Crippen LogP contribution >= 0.6 is 0 Å². The Hall–Kier alpha value is -0.930. The molecule has 0 bridgehead atoms. The second-order valence-electron chi connectivity index (χ2n) is 5.80. The van der Waals surface area contributed by atoms with E-state index in [1.54, 1.807) is 12.1 Å². The van der Waals surface area contributed by atoms with Crippen molar-refractivity contribution in [1.29, 1.82) is 0 Å². The average Bonchev–Trinajstić information content (AvgIpc) is 2.38. The maximum Gasteiger partial charge on any atom is 0.123 e. The number of rotatable bonds is 5. The van der Waals surface area contributed by atoms with Crippen LogP contribution in [0.2, 0.25) is 0 Å². The van der Waals surface area contributed by atoms with E-state index >= 15 is 0 Å². The first kappa shape index (κ1) is 14.5. The van der Waals surface area contributed by atoms with Gasteiger partial charge >= 0.3 is 0 Å². The molecule has 1 aromatic carbocycles. The molecule has 0 radical (unpaired) electrons. The van der Waals surface area contributed by atoms with Crippen LogP contribution in [0.1, 0.15) is 25.3 Å². The van der Waals surface area contributed by atoms with Crippen molar-refractivity contribution >= 4 is 0 Å². The smallest absolute Gasteiger partial charge is 0.123 e. The van der Waals surface area contributed by atoms with Gasteiger partial charge in [0.2, 0.25) is 0 Å². The van der Waals surface area contributed by atoms with E-state index in [1.807, 2.05) is 12.1 Å². The van der Waals surface area contributed by atoms with Crippen molar-refractivity contribution in [3.8, 4) is 0 Å². The summed E-state index contributed by atoms with van der Waals surface area (Å²) in [7, 11) is 2.19. The fourth-order valence-electron chi connectivity index (χ4n) is 3.04. The summed E-state index contributed by atoms with van der Waals surface area (Å²) in [5.41, 5.74) is 1.25. The summed E-state index contributed by atoms with van der Waals surface area (Å²) in [5, 5.41) is 3.62. The van der Waals surface area contributed by atoms with Crippen LogP contribution in [0.5, 0.6) is 0 Å². The van der Waals surface area contributed by atoms with Crippen molar-refractivity contribution in [1.82, 2.24) is 10.2 Å². The second kappa shape index (κ2) is 7.01. The fraction of sp³-hybridized carbons (Fsp3) is 0.625. The maximum atomic E-state index is 12.9. The number of likely N-dealkylation sites (N-methyl/N-ethyl adjacent to an activating group) is 1. The van der Waals surface area contributed by atoms with Gasteiger partial charge in [0.1, 0.15) is 5.82 Å². The molecule has 2 rings (SSSR count). The molecule has 1 aromatic rings. The van der Waals surface area contributed by atoms with Gasteiger partial charge in [-0.25, -0.2) is 4.39 Å². The first-order valence-electron chi connectivity index (χ1n) is 7.33. The van der Waals surface area contributed by atoms with Crippen LogP contribution in [0.4, 0.5) is 4.39 Å². The average molecular weight is 264 g/mol. The Bertz CT molecular complexity index is 377. The maximum absolute atomic E-state index is 12.9. The van der Waals surface area contributed by atoms with Crippen molar-refractivity contribution in [3.63, 3.8) is 0 Å². The molecular weight excluding hydrogens is 239 g/mol. The Morgan fingerprint density at radius 2 is 2.00 bits per heavy atom. The molecule has 0 amide bonds. The van der Waals surface area contributed by atoms with E-state index < -0.39 is 0 Å². The molecule has 0 aromatic heterocycles. The predicted molar refractivity (Wildman–Crippen MR) is 77.8 cm³/mol. The first-order chi connectivity index (χ1) is 9.17. The van der Waals surface area contributed by atoms with Gasteiger partial charge in [0.15, 0.2) is 0 Å². The number of hydrogen-bond acceptors (Lipinski definition) is 2. The van der Waals surface area contributed by atoms with Crippen LogP contribution in [0.25, 0.3) is 0 Å². The van der Waals surface area contributed by atoms with Gasteiger partial charge in [-0.15, -0.1) is 0 Å². The Labute approximate surface area is 116 Å². The zero-order valence-electron chi connectivity index (χ0n) is 12.0. The van der Waals surface area contributed by atoms with Crippen molar-refractivity contribution in [2.75, 3.05) is 26.7 Å². The molecule has 0 saturated carbocycles. The van der Waals surface area contributed by atoms with E-state index in [4.69, 9.17) is 0 Å². The van der Waals surface area contributed by atoms with Gasteiger partial charge in [0.25, 0.3) is 0 Å². The molecular formula is C16H25FN2. The third kappa shape index (κ3) is 4.59. The largest absolute Gasteiger partial charge is 0.313 e. The molecule has 106 valence electrons. The summed E-state index contributed by atoms with van der Waals surface area (Å²) >= 11 is 0. The van der Waals surface area contributed by atoms with Crippen LogP contribution < -0.4 is 5.32 Å². The van der Waals surface area contributed by atoms with E-state index in [2.05, 4.69) is 24.2 Å². The summed E-state index contributed by atoms with van der Waals surface area (Å²) in [5.74, 6) is 0.519. The third-order valence-corrected chi connectivity index (χ3v) is 3.84. The highest BCUT2D eigenvalue weighted by molar-refractivity contribution is 5.17. The number of nitrogens with zero attached hydrogens (tertiary/aromatic N) is 1. The molecule has 2 atom stereocenters. The molecule has 2 unspecified atom stereocenters. The lowest BCUT2D eigenvalue weighted by atomic mass is 9.89. The van der Waals surface area contributed by atoms with Gasteiger partial charge in [0.05, 0.1) is 0 Å². The minimum Gasteiger partial charge on any atom is -0.313 e. The topological polar surface area (TPSA) is 15.3 Å². The first-order valence-corrected chi connectivity index (χ1v) is 7.33. The van der Waals surface area contributed by atoms with Crippen molar-refractivity contribution in [2.45, 2.75) is 32.2 Å². The minimum absolute atomic E-state index is 0.146. The van der Waals surface area contributed by atoms with Crippen LogP contribution in [0.15, 0.2) is 24.3 Å².